The number of nitrogens with one attached hydrogen (secondary N) is 1. The molecule has 5 heteroatoms. The topological polar surface area (TPSA) is 41.0 Å². The molecule has 0 aliphatic heterocycles. The lowest BCUT2D eigenvalue weighted by Gasteiger charge is -2.22. The van der Waals surface area contributed by atoms with Gasteiger partial charge in [0.05, 0.1) is 0 Å². The molecule has 3 aromatic rings. The van der Waals surface area contributed by atoms with E-state index in [1.54, 1.807) is 6.33 Å². The molecule has 0 spiro atoms. The Hall–Kier alpha value is -2.40. The SMILES string of the molecule is CCN(c1ccccc1)c1cc(Nc2ccc(Br)cc2)ncn1. The maximum absolute atomic E-state index is 4.41. The van der Waals surface area contributed by atoms with Gasteiger partial charge < -0.3 is 10.2 Å². The largest absolute Gasteiger partial charge is 0.340 e. The summed E-state index contributed by atoms with van der Waals surface area (Å²) < 4.78 is 1.05. The van der Waals surface area contributed by atoms with Crippen LogP contribution in [0.1, 0.15) is 6.92 Å². The van der Waals surface area contributed by atoms with E-state index in [0.717, 1.165) is 34.0 Å². The Labute approximate surface area is 144 Å². The third-order valence-electron chi connectivity index (χ3n) is 3.43. The van der Waals surface area contributed by atoms with Crippen molar-refractivity contribution in [2.24, 2.45) is 0 Å². The molecule has 1 heterocycles. The summed E-state index contributed by atoms with van der Waals surface area (Å²) >= 11 is 3.44. The number of hydrogen-bond acceptors (Lipinski definition) is 4. The molecule has 0 amide bonds. The second kappa shape index (κ2) is 7.24. The average molecular weight is 369 g/mol. The molecule has 0 radical (unpaired) electrons. The molecule has 0 atom stereocenters. The lowest BCUT2D eigenvalue weighted by molar-refractivity contribution is 0.977. The van der Waals surface area contributed by atoms with Gasteiger partial charge in [-0.3, -0.25) is 0 Å². The maximum atomic E-state index is 4.41. The van der Waals surface area contributed by atoms with Gasteiger partial charge in [-0.15, -0.1) is 0 Å². The molecule has 0 bridgehead atoms. The van der Waals surface area contributed by atoms with Gasteiger partial charge in [0.2, 0.25) is 0 Å². The smallest absolute Gasteiger partial charge is 0.138 e. The second-order valence-corrected chi connectivity index (χ2v) is 5.89. The Morgan fingerprint density at radius 1 is 1.00 bits per heavy atom. The van der Waals surface area contributed by atoms with Crippen molar-refractivity contribution >= 4 is 38.9 Å². The van der Waals surface area contributed by atoms with Crippen LogP contribution < -0.4 is 10.2 Å². The van der Waals surface area contributed by atoms with E-state index < -0.39 is 0 Å². The van der Waals surface area contributed by atoms with E-state index in [4.69, 9.17) is 0 Å². The minimum atomic E-state index is 0.770. The molecule has 1 N–H and O–H groups in total. The van der Waals surface area contributed by atoms with Crippen LogP contribution in [0.3, 0.4) is 0 Å². The summed E-state index contributed by atoms with van der Waals surface area (Å²) in [7, 11) is 0. The molecule has 23 heavy (non-hydrogen) atoms. The molecule has 0 fully saturated rings. The first kappa shape index (κ1) is 15.5. The Kier molecular flexibility index (Phi) is 4.88. The average Bonchev–Trinajstić information content (AvgIpc) is 2.59. The quantitative estimate of drug-likeness (QED) is 0.676. The highest BCUT2D eigenvalue weighted by molar-refractivity contribution is 9.10. The van der Waals surface area contributed by atoms with Gasteiger partial charge in [-0.25, -0.2) is 9.97 Å². The standard InChI is InChI=1S/C18H17BrN4/c1-2-23(16-6-4-3-5-7-16)18-12-17(20-13-21-18)22-15-10-8-14(19)9-11-15/h3-13H,2H2,1H3,(H,20,21,22). The number of benzene rings is 2. The number of para-hydroxylation sites is 1. The van der Waals surface area contributed by atoms with Crippen LogP contribution in [0.15, 0.2) is 71.5 Å². The molecule has 1 aromatic heterocycles. The van der Waals surface area contributed by atoms with Crippen molar-refractivity contribution in [2.75, 3.05) is 16.8 Å². The number of rotatable bonds is 5. The fourth-order valence-electron chi connectivity index (χ4n) is 2.33. The van der Waals surface area contributed by atoms with Gasteiger partial charge >= 0.3 is 0 Å². The van der Waals surface area contributed by atoms with Crippen molar-refractivity contribution in [1.29, 1.82) is 0 Å². The fourth-order valence-corrected chi connectivity index (χ4v) is 2.59. The van der Waals surface area contributed by atoms with Crippen LogP contribution in [0.4, 0.5) is 23.0 Å². The Morgan fingerprint density at radius 3 is 2.43 bits per heavy atom. The van der Waals surface area contributed by atoms with E-state index >= 15 is 0 Å². The van der Waals surface area contributed by atoms with Crippen LogP contribution in [0.25, 0.3) is 0 Å². The molecule has 116 valence electrons. The number of nitrogens with zero attached hydrogens (tertiary/aromatic N) is 3. The predicted octanol–water partition coefficient (Wildman–Crippen LogP) is 5.14. The van der Waals surface area contributed by atoms with Gasteiger partial charge in [0.15, 0.2) is 0 Å². The summed E-state index contributed by atoms with van der Waals surface area (Å²) in [6.45, 7) is 2.94. The van der Waals surface area contributed by atoms with Gasteiger partial charge in [0.25, 0.3) is 0 Å². The number of anilines is 4. The summed E-state index contributed by atoms with van der Waals surface area (Å²) in [5.74, 6) is 1.64. The number of hydrogen-bond donors (Lipinski definition) is 1. The minimum Gasteiger partial charge on any atom is -0.340 e. The second-order valence-electron chi connectivity index (χ2n) is 4.97. The zero-order valence-corrected chi connectivity index (χ0v) is 14.4. The summed E-state index contributed by atoms with van der Waals surface area (Å²) in [4.78, 5) is 10.9. The van der Waals surface area contributed by atoms with Crippen molar-refractivity contribution in [1.82, 2.24) is 9.97 Å². The molecular formula is C18H17BrN4. The van der Waals surface area contributed by atoms with E-state index in [1.807, 2.05) is 48.5 Å². The summed E-state index contributed by atoms with van der Waals surface area (Å²) in [5.41, 5.74) is 2.10. The third-order valence-corrected chi connectivity index (χ3v) is 3.96. The molecule has 2 aromatic carbocycles. The Bertz CT molecular complexity index is 759. The van der Waals surface area contributed by atoms with Gasteiger partial charge in [-0.1, -0.05) is 34.1 Å². The van der Waals surface area contributed by atoms with Crippen molar-refractivity contribution in [2.45, 2.75) is 6.92 Å². The molecule has 0 saturated heterocycles. The molecule has 0 aliphatic carbocycles. The zero-order valence-electron chi connectivity index (χ0n) is 12.8. The molecular weight excluding hydrogens is 352 g/mol. The Morgan fingerprint density at radius 2 is 1.74 bits per heavy atom. The highest BCUT2D eigenvalue weighted by Crippen LogP contribution is 2.25. The predicted molar refractivity (Wildman–Crippen MR) is 98.6 cm³/mol. The monoisotopic (exact) mass is 368 g/mol. The van der Waals surface area contributed by atoms with Crippen molar-refractivity contribution in [3.63, 3.8) is 0 Å². The highest BCUT2D eigenvalue weighted by Gasteiger charge is 2.09. The van der Waals surface area contributed by atoms with E-state index in [-0.39, 0.29) is 0 Å². The van der Waals surface area contributed by atoms with Gasteiger partial charge in [-0.05, 0) is 43.3 Å². The van der Waals surface area contributed by atoms with Crippen LogP contribution in [0.5, 0.6) is 0 Å². The summed E-state index contributed by atoms with van der Waals surface area (Å²) in [6.07, 6.45) is 1.59. The van der Waals surface area contributed by atoms with Crippen LogP contribution in [0.2, 0.25) is 0 Å². The molecule has 0 aliphatic rings. The number of halogens is 1. The summed E-state index contributed by atoms with van der Waals surface area (Å²) in [6, 6.07) is 20.2. The van der Waals surface area contributed by atoms with Crippen LogP contribution in [-0.2, 0) is 0 Å². The first-order chi connectivity index (χ1) is 11.3. The third kappa shape index (κ3) is 3.87. The van der Waals surface area contributed by atoms with Gasteiger partial charge in [0, 0.05) is 28.5 Å². The van der Waals surface area contributed by atoms with E-state index in [0.29, 0.717) is 0 Å². The van der Waals surface area contributed by atoms with Crippen LogP contribution in [0, 0.1) is 0 Å². The highest BCUT2D eigenvalue weighted by atomic mass is 79.9. The molecule has 0 unspecified atom stereocenters. The summed E-state index contributed by atoms with van der Waals surface area (Å²) in [5, 5.41) is 3.30. The Balaban J connectivity index is 1.85. The fraction of sp³-hybridized carbons (Fsp3) is 0.111. The van der Waals surface area contributed by atoms with Crippen molar-refractivity contribution in [3.05, 3.63) is 71.5 Å². The van der Waals surface area contributed by atoms with E-state index in [2.05, 4.69) is 55.2 Å². The first-order valence-corrected chi connectivity index (χ1v) is 8.23. The zero-order chi connectivity index (χ0) is 16.1. The lowest BCUT2D eigenvalue weighted by Crippen LogP contribution is -2.17. The first-order valence-electron chi connectivity index (χ1n) is 7.43. The van der Waals surface area contributed by atoms with E-state index in [1.165, 1.54) is 0 Å². The van der Waals surface area contributed by atoms with Crippen molar-refractivity contribution in [3.8, 4) is 0 Å². The van der Waals surface area contributed by atoms with E-state index in [9.17, 15) is 0 Å². The number of aromatic nitrogens is 2. The molecule has 3 rings (SSSR count). The minimum absolute atomic E-state index is 0.770. The molecule has 4 nitrogen and oxygen atoms in total. The maximum Gasteiger partial charge on any atom is 0.138 e. The van der Waals surface area contributed by atoms with Crippen LogP contribution in [-0.4, -0.2) is 16.5 Å². The lowest BCUT2D eigenvalue weighted by atomic mass is 10.3. The normalized spacial score (nSPS) is 10.3. The molecule has 0 saturated carbocycles. The van der Waals surface area contributed by atoms with Crippen LogP contribution >= 0.6 is 15.9 Å². The van der Waals surface area contributed by atoms with Gasteiger partial charge in [0.1, 0.15) is 18.0 Å². The van der Waals surface area contributed by atoms with Crippen molar-refractivity contribution < 1.29 is 0 Å². The van der Waals surface area contributed by atoms with Gasteiger partial charge in [-0.2, -0.15) is 0 Å².